The van der Waals surface area contributed by atoms with Crippen LogP contribution in [0, 0.1) is 5.92 Å². The zero-order chi connectivity index (χ0) is 19.8. The number of carbonyl (C=O) groups is 3. The Morgan fingerprint density at radius 1 is 0.815 bits per heavy atom. The van der Waals surface area contributed by atoms with E-state index in [4.69, 9.17) is 0 Å². The van der Waals surface area contributed by atoms with E-state index in [-0.39, 0.29) is 30.2 Å². The third-order valence-corrected chi connectivity index (χ3v) is 3.79. The van der Waals surface area contributed by atoms with Gasteiger partial charge in [0, 0.05) is 35.6 Å². The molecule has 0 saturated heterocycles. The van der Waals surface area contributed by atoms with Crippen molar-refractivity contribution in [1.82, 2.24) is 5.32 Å². The molecule has 2 aromatic carbocycles. The topological polar surface area (TPSA) is 99.3 Å². The van der Waals surface area contributed by atoms with E-state index in [0.29, 0.717) is 16.9 Å². The van der Waals surface area contributed by atoms with Crippen LogP contribution in [0.4, 0.5) is 17.1 Å². The first-order valence-corrected chi connectivity index (χ1v) is 8.66. The molecule has 7 nitrogen and oxygen atoms in total. The lowest BCUT2D eigenvalue weighted by atomic mass is 10.2. The minimum atomic E-state index is -0.208. The van der Waals surface area contributed by atoms with E-state index >= 15 is 0 Å². The van der Waals surface area contributed by atoms with Gasteiger partial charge in [-0.3, -0.25) is 14.4 Å². The molecule has 0 radical (unpaired) electrons. The Bertz CT molecular complexity index is 799. The second-order valence-corrected chi connectivity index (χ2v) is 6.28. The van der Waals surface area contributed by atoms with Crippen LogP contribution in [-0.4, -0.2) is 31.3 Å². The summed E-state index contributed by atoms with van der Waals surface area (Å²) in [4.78, 5) is 35.2. The monoisotopic (exact) mass is 368 g/mol. The maximum atomic E-state index is 12.0. The van der Waals surface area contributed by atoms with Crippen LogP contribution in [0.1, 0.15) is 24.2 Å². The lowest BCUT2D eigenvalue weighted by Crippen LogP contribution is -2.22. The standard InChI is InChI=1S/C20H24N4O3/c1-13(2)19(26)24-17-10-8-15(9-11-17)22-12-18(25)23-16-6-4-14(5-7-16)20(27)21-3/h4-11,13,22H,12H2,1-3H3,(H,21,27)(H,23,25)(H,24,26). The Hall–Kier alpha value is -3.35. The quantitative estimate of drug-likeness (QED) is 0.604. The molecule has 0 unspecified atom stereocenters. The molecule has 2 aromatic rings. The van der Waals surface area contributed by atoms with Crippen molar-refractivity contribution in [2.75, 3.05) is 29.5 Å². The van der Waals surface area contributed by atoms with E-state index in [9.17, 15) is 14.4 Å². The Balaban J connectivity index is 1.83. The van der Waals surface area contributed by atoms with Crippen LogP contribution < -0.4 is 21.3 Å². The molecule has 0 fully saturated rings. The Morgan fingerprint density at radius 3 is 1.89 bits per heavy atom. The summed E-state index contributed by atoms with van der Waals surface area (Å²) in [6, 6.07) is 13.8. The fraction of sp³-hybridized carbons (Fsp3) is 0.250. The summed E-state index contributed by atoms with van der Waals surface area (Å²) in [5.41, 5.74) is 2.61. The predicted molar refractivity (Wildman–Crippen MR) is 107 cm³/mol. The van der Waals surface area contributed by atoms with Crippen molar-refractivity contribution in [3.63, 3.8) is 0 Å². The SMILES string of the molecule is CNC(=O)c1ccc(NC(=O)CNc2ccc(NC(=O)C(C)C)cc2)cc1. The first kappa shape index (κ1) is 20.0. The molecule has 0 aliphatic rings. The van der Waals surface area contributed by atoms with Crippen molar-refractivity contribution in [2.45, 2.75) is 13.8 Å². The van der Waals surface area contributed by atoms with E-state index in [2.05, 4.69) is 21.3 Å². The number of amides is 3. The Kier molecular flexibility index (Phi) is 6.93. The molecule has 0 bridgehead atoms. The molecule has 7 heteroatoms. The average Bonchev–Trinajstić information content (AvgIpc) is 2.67. The molecule has 0 atom stereocenters. The van der Waals surface area contributed by atoms with Crippen LogP contribution in [-0.2, 0) is 9.59 Å². The highest BCUT2D eigenvalue weighted by molar-refractivity contribution is 5.96. The third-order valence-electron chi connectivity index (χ3n) is 3.79. The van der Waals surface area contributed by atoms with Crippen molar-refractivity contribution in [3.05, 3.63) is 54.1 Å². The molecule has 0 saturated carbocycles. The zero-order valence-electron chi connectivity index (χ0n) is 15.6. The largest absolute Gasteiger partial charge is 0.376 e. The van der Waals surface area contributed by atoms with Gasteiger partial charge in [0.05, 0.1) is 6.54 Å². The maximum absolute atomic E-state index is 12.0. The van der Waals surface area contributed by atoms with E-state index in [0.717, 1.165) is 5.69 Å². The number of rotatable bonds is 7. The van der Waals surface area contributed by atoms with E-state index in [1.807, 2.05) is 13.8 Å². The van der Waals surface area contributed by atoms with Crippen LogP contribution in [0.5, 0.6) is 0 Å². The van der Waals surface area contributed by atoms with Crippen molar-refractivity contribution >= 4 is 34.8 Å². The molecule has 0 spiro atoms. The minimum absolute atomic E-state index is 0.0440. The number of hydrogen-bond donors (Lipinski definition) is 4. The molecule has 3 amide bonds. The average molecular weight is 368 g/mol. The smallest absolute Gasteiger partial charge is 0.251 e. The molecule has 0 aliphatic carbocycles. The van der Waals surface area contributed by atoms with Gasteiger partial charge in [-0.1, -0.05) is 13.8 Å². The van der Waals surface area contributed by atoms with Gasteiger partial charge in [-0.05, 0) is 48.5 Å². The number of carbonyl (C=O) groups excluding carboxylic acids is 3. The second kappa shape index (κ2) is 9.38. The molecule has 0 aliphatic heterocycles. The van der Waals surface area contributed by atoms with Crippen molar-refractivity contribution in [1.29, 1.82) is 0 Å². The fourth-order valence-corrected chi connectivity index (χ4v) is 2.19. The third kappa shape index (κ3) is 6.14. The van der Waals surface area contributed by atoms with Crippen molar-refractivity contribution in [2.24, 2.45) is 5.92 Å². The predicted octanol–water partition coefficient (Wildman–Crippen LogP) is 2.69. The van der Waals surface area contributed by atoms with Gasteiger partial charge >= 0.3 is 0 Å². The van der Waals surface area contributed by atoms with Gasteiger partial charge in [0.2, 0.25) is 11.8 Å². The molecule has 2 rings (SSSR count). The summed E-state index contributed by atoms with van der Waals surface area (Å²) in [5.74, 6) is -0.517. The molecule has 27 heavy (non-hydrogen) atoms. The molecule has 142 valence electrons. The van der Waals surface area contributed by atoms with Crippen LogP contribution in [0.3, 0.4) is 0 Å². The normalized spacial score (nSPS) is 10.2. The maximum Gasteiger partial charge on any atom is 0.251 e. The number of anilines is 3. The van der Waals surface area contributed by atoms with Gasteiger partial charge in [-0.25, -0.2) is 0 Å². The summed E-state index contributed by atoms with van der Waals surface area (Å²) in [5, 5.41) is 11.1. The number of nitrogens with one attached hydrogen (secondary N) is 4. The lowest BCUT2D eigenvalue weighted by Gasteiger charge is -2.10. The van der Waals surface area contributed by atoms with Gasteiger partial charge in [0.25, 0.3) is 5.91 Å². The number of benzene rings is 2. The van der Waals surface area contributed by atoms with Gasteiger partial charge in [0.1, 0.15) is 0 Å². The van der Waals surface area contributed by atoms with E-state index in [1.165, 1.54) is 0 Å². The van der Waals surface area contributed by atoms with Gasteiger partial charge in [0.15, 0.2) is 0 Å². The summed E-state index contributed by atoms with van der Waals surface area (Å²) >= 11 is 0. The van der Waals surface area contributed by atoms with Crippen LogP contribution in [0.2, 0.25) is 0 Å². The zero-order valence-corrected chi connectivity index (χ0v) is 15.6. The van der Waals surface area contributed by atoms with Crippen LogP contribution in [0.15, 0.2) is 48.5 Å². The summed E-state index contributed by atoms with van der Waals surface area (Å²) in [6.45, 7) is 3.75. The summed E-state index contributed by atoms with van der Waals surface area (Å²) < 4.78 is 0. The molecule has 0 heterocycles. The highest BCUT2D eigenvalue weighted by Crippen LogP contribution is 2.14. The summed E-state index contributed by atoms with van der Waals surface area (Å²) in [7, 11) is 1.56. The summed E-state index contributed by atoms with van der Waals surface area (Å²) in [6.07, 6.45) is 0. The van der Waals surface area contributed by atoms with Crippen LogP contribution in [0.25, 0.3) is 0 Å². The van der Waals surface area contributed by atoms with Gasteiger partial charge in [-0.15, -0.1) is 0 Å². The highest BCUT2D eigenvalue weighted by atomic mass is 16.2. The first-order valence-electron chi connectivity index (χ1n) is 8.66. The fourth-order valence-electron chi connectivity index (χ4n) is 2.19. The van der Waals surface area contributed by atoms with Crippen molar-refractivity contribution in [3.8, 4) is 0 Å². The molecular formula is C20H24N4O3. The first-order chi connectivity index (χ1) is 12.9. The number of hydrogen-bond acceptors (Lipinski definition) is 4. The molecule has 0 aromatic heterocycles. The molecule has 4 N–H and O–H groups in total. The Labute approximate surface area is 158 Å². The van der Waals surface area contributed by atoms with E-state index < -0.39 is 0 Å². The Morgan fingerprint density at radius 2 is 1.33 bits per heavy atom. The highest BCUT2D eigenvalue weighted by Gasteiger charge is 2.07. The van der Waals surface area contributed by atoms with Crippen LogP contribution >= 0.6 is 0 Å². The van der Waals surface area contributed by atoms with Gasteiger partial charge in [-0.2, -0.15) is 0 Å². The van der Waals surface area contributed by atoms with E-state index in [1.54, 1.807) is 55.6 Å². The minimum Gasteiger partial charge on any atom is -0.376 e. The van der Waals surface area contributed by atoms with Crippen molar-refractivity contribution < 1.29 is 14.4 Å². The lowest BCUT2D eigenvalue weighted by molar-refractivity contribution is -0.119. The second-order valence-electron chi connectivity index (χ2n) is 6.28. The van der Waals surface area contributed by atoms with Gasteiger partial charge < -0.3 is 21.3 Å². The molecular weight excluding hydrogens is 344 g/mol.